The van der Waals surface area contributed by atoms with Crippen LogP contribution in [0.1, 0.15) is 31.4 Å². The number of anilines is 2. The van der Waals surface area contributed by atoms with Gasteiger partial charge >= 0.3 is 6.09 Å². The van der Waals surface area contributed by atoms with Crippen molar-refractivity contribution < 1.29 is 19.0 Å². The predicted molar refractivity (Wildman–Crippen MR) is 116 cm³/mol. The number of para-hydroxylation sites is 1. The van der Waals surface area contributed by atoms with Crippen molar-refractivity contribution in [1.82, 2.24) is 4.90 Å². The second-order valence-corrected chi connectivity index (χ2v) is 7.49. The van der Waals surface area contributed by atoms with Crippen molar-refractivity contribution in [3.8, 4) is 0 Å². The minimum Gasteiger partial charge on any atom is -0.449 e. The Morgan fingerprint density at radius 3 is 2.50 bits per heavy atom. The highest BCUT2D eigenvalue weighted by atomic mass is 19.1. The van der Waals surface area contributed by atoms with Gasteiger partial charge in [-0.15, -0.1) is 0 Å². The van der Waals surface area contributed by atoms with Gasteiger partial charge in [-0.25, -0.2) is 9.18 Å². The first-order chi connectivity index (χ1) is 14.6. The summed E-state index contributed by atoms with van der Waals surface area (Å²) in [6.45, 7) is 5.91. The predicted octanol–water partition coefficient (Wildman–Crippen LogP) is 4.03. The Morgan fingerprint density at radius 2 is 1.83 bits per heavy atom. The normalized spacial score (nSPS) is 15.6. The zero-order valence-electron chi connectivity index (χ0n) is 17.4. The summed E-state index contributed by atoms with van der Waals surface area (Å²) in [5.74, 6) is -0.200. The van der Waals surface area contributed by atoms with Crippen molar-refractivity contribution in [2.75, 3.05) is 49.5 Å². The molecule has 1 amide bonds. The molecule has 1 aliphatic rings. The van der Waals surface area contributed by atoms with Gasteiger partial charge in [-0.1, -0.05) is 37.6 Å². The van der Waals surface area contributed by atoms with E-state index in [2.05, 4.69) is 10.2 Å². The summed E-state index contributed by atoms with van der Waals surface area (Å²) in [6.07, 6.45) is 0.713. The molecule has 3 rings (SSSR count). The Balaban J connectivity index is 1.45. The first-order valence-electron chi connectivity index (χ1n) is 10.5. The molecule has 0 aromatic heterocycles. The van der Waals surface area contributed by atoms with Crippen LogP contribution in [0.2, 0.25) is 0 Å². The van der Waals surface area contributed by atoms with Crippen LogP contribution in [0.3, 0.4) is 0 Å². The molecule has 0 saturated carbocycles. The number of nitrogens with zero attached hydrogens (tertiary/aromatic N) is 2. The summed E-state index contributed by atoms with van der Waals surface area (Å²) >= 11 is 0. The highest BCUT2D eigenvalue weighted by Crippen LogP contribution is 2.22. The topological polar surface area (TPSA) is 65.0 Å². The number of aliphatic hydroxyl groups excluding tert-OH is 1. The Bertz CT molecular complexity index is 808. The molecule has 2 N–H and O–H groups in total. The number of unbranched alkanes of at least 4 members (excludes halogenated alkanes) is 1. The van der Waals surface area contributed by atoms with Gasteiger partial charge in [0.15, 0.2) is 0 Å². The third-order valence-electron chi connectivity index (χ3n) is 5.27. The number of aliphatic hydroxyl groups is 1. The average molecular weight is 416 g/mol. The van der Waals surface area contributed by atoms with Gasteiger partial charge in [0.2, 0.25) is 0 Å². The lowest BCUT2D eigenvalue weighted by atomic mass is 10.1. The zero-order chi connectivity index (χ0) is 21.3. The van der Waals surface area contributed by atoms with Crippen molar-refractivity contribution in [2.45, 2.75) is 25.9 Å². The molecule has 0 radical (unpaired) electrons. The zero-order valence-corrected chi connectivity index (χ0v) is 17.4. The number of hydrogen-bond donors (Lipinski definition) is 2. The van der Waals surface area contributed by atoms with Crippen molar-refractivity contribution >= 4 is 17.5 Å². The molecule has 2 aromatic rings. The van der Waals surface area contributed by atoms with Gasteiger partial charge in [-0.2, -0.15) is 0 Å². The van der Waals surface area contributed by atoms with Crippen LogP contribution < -0.4 is 10.2 Å². The van der Waals surface area contributed by atoms with E-state index in [1.807, 2.05) is 30.0 Å². The second-order valence-electron chi connectivity index (χ2n) is 7.49. The van der Waals surface area contributed by atoms with Gasteiger partial charge in [0.05, 0.1) is 18.4 Å². The number of amides is 1. The molecule has 162 valence electrons. The summed E-state index contributed by atoms with van der Waals surface area (Å²) in [6, 6.07) is 14.0. The monoisotopic (exact) mass is 415 g/mol. The van der Waals surface area contributed by atoms with Crippen LogP contribution in [0.15, 0.2) is 48.5 Å². The highest BCUT2D eigenvalue weighted by Gasteiger charge is 2.21. The third kappa shape index (κ3) is 6.18. The van der Waals surface area contributed by atoms with Crippen LogP contribution in [-0.4, -0.2) is 55.4 Å². The number of carbonyl (C=O) groups excluding carboxylic acids is 1. The van der Waals surface area contributed by atoms with Crippen LogP contribution in [0.4, 0.5) is 20.6 Å². The Hall–Kier alpha value is -2.64. The molecule has 0 aliphatic carbocycles. The number of halogens is 1. The molecule has 1 unspecified atom stereocenters. The van der Waals surface area contributed by atoms with E-state index in [0.29, 0.717) is 24.5 Å². The number of rotatable bonds is 8. The maximum atomic E-state index is 14.0. The van der Waals surface area contributed by atoms with E-state index in [9.17, 15) is 14.3 Å². The first-order valence-corrected chi connectivity index (χ1v) is 10.5. The van der Waals surface area contributed by atoms with E-state index in [-0.39, 0.29) is 5.82 Å². The second kappa shape index (κ2) is 10.9. The van der Waals surface area contributed by atoms with Crippen molar-refractivity contribution in [1.29, 1.82) is 0 Å². The van der Waals surface area contributed by atoms with Crippen LogP contribution in [0.5, 0.6) is 0 Å². The third-order valence-corrected chi connectivity index (χ3v) is 5.27. The lowest BCUT2D eigenvalue weighted by molar-refractivity contribution is 0.109. The molecule has 1 saturated heterocycles. The van der Waals surface area contributed by atoms with Gasteiger partial charge in [0, 0.05) is 38.4 Å². The Kier molecular flexibility index (Phi) is 8.04. The maximum Gasteiger partial charge on any atom is 0.411 e. The number of piperazine rings is 1. The molecule has 1 atom stereocenters. The number of carbonyl (C=O) groups is 1. The van der Waals surface area contributed by atoms with Crippen LogP contribution in [0, 0.1) is 5.82 Å². The Morgan fingerprint density at radius 1 is 1.13 bits per heavy atom. The van der Waals surface area contributed by atoms with E-state index in [0.717, 1.165) is 44.6 Å². The van der Waals surface area contributed by atoms with Gasteiger partial charge in [0.25, 0.3) is 0 Å². The molecule has 1 fully saturated rings. The summed E-state index contributed by atoms with van der Waals surface area (Å²) in [4.78, 5) is 15.9. The Labute approximate surface area is 177 Å². The molecule has 7 heteroatoms. The molecule has 30 heavy (non-hydrogen) atoms. The number of hydrogen-bond acceptors (Lipinski definition) is 5. The fraction of sp³-hybridized carbons (Fsp3) is 0.435. The summed E-state index contributed by atoms with van der Waals surface area (Å²) < 4.78 is 19.0. The molecule has 6 nitrogen and oxygen atoms in total. The lowest BCUT2D eigenvalue weighted by Gasteiger charge is -2.37. The maximum absolute atomic E-state index is 14.0. The van der Waals surface area contributed by atoms with Crippen molar-refractivity contribution in [3.63, 3.8) is 0 Å². The van der Waals surface area contributed by atoms with E-state index in [1.54, 1.807) is 24.3 Å². The summed E-state index contributed by atoms with van der Waals surface area (Å²) in [5, 5.41) is 13.3. The molecule has 0 spiro atoms. The lowest BCUT2D eigenvalue weighted by Crippen LogP contribution is -2.47. The molecule has 1 heterocycles. The molecule has 2 aromatic carbocycles. The van der Waals surface area contributed by atoms with Crippen molar-refractivity contribution in [2.24, 2.45) is 0 Å². The molecular formula is C23H30FN3O3. The number of ether oxygens (including phenoxy) is 1. The summed E-state index contributed by atoms with van der Waals surface area (Å²) in [7, 11) is 0. The van der Waals surface area contributed by atoms with Crippen LogP contribution in [0.25, 0.3) is 0 Å². The fourth-order valence-corrected chi connectivity index (χ4v) is 3.48. The largest absolute Gasteiger partial charge is 0.449 e. The van der Waals surface area contributed by atoms with Gasteiger partial charge in [-0.3, -0.25) is 10.2 Å². The van der Waals surface area contributed by atoms with Crippen LogP contribution >= 0.6 is 0 Å². The average Bonchev–Trinajstić information content (AvgIpc) is 2.75. The first kappa shape index (κ1) is 22.1. The van der Waals surface area contributed by atoms with Gasteiger partial charge < -0.3 is 14.7 Å². The van der Waals surface area contributed by atoms with Crippen LogP contribution in [-0.2, 0) is 4.74 Å². The minimum atomic E-state index is -0.629. The minimum absolute atomic E-state index is 0.200. The number of β-amino-alcohol motifs (C(OH)–C–C–N with tert-alkyl or cyclic N) is 1. The number of nitrogens with one attached hydrogen (secondary N) is 1. The highest BCUT2D eigenvalue weighted by molar-refractivity contribution is 5.84. The van der Waals surface area contributed by atoms with E-state index in [1.165, 1.54) is 6.07 Å². The van der Waals surface area contributed by atoms with E-state index in [4.69, 9.17) is 4.74 Å². The quantitative estimate of drug-likeness (QED) is 0.638. The fourth-order valence-electron chi connectivity index (χ4n) is 3.48. The van der Waals surface area contributed by atoms with E-state index < -0.39 is 12.2 Å². The van der Waals surface area contributed by atoms with E-state index >= 15 is 0 Å². The molecule has 0 bridgehead atoms. The standard InChI is InChI=1S/C23H30FN3O3/c1-2-3-16-30-23(29)25-19-10-8-18(9-11-19)22(28)17-26-12-14-27(15-13-26)21-7-5-4-6-20(21)24/h4-11,22,28H,2-3,12-17H2,1H3,(H,25,29). The smallest absolute Gasteiger partial charge is 0.411 e. The van der Waals surface area contributed by atoms with Gasteiger partial charge in [-0.05, 0) is 36.2 Å². The summed E-state index contributed by atoms with van der Waals surface area (Å²) in [5.41, 5.74) is 2.05. The number of benzene rings is 2. The molecular weight excluding hydrogens is 385 g/mol. The van der Waals surface area contributed by atoms with Crippen molar-refractivity contribution in [3.05, 3.63) is 59.9 Å². The van der Waals surface area contributed by atoms with Gasteiger partial charge in [0.1, 0.15) is 5.82 Å². The SMILES string of the molecule is CCCCOC(=O)Nc1ccc(C(O)CN2CCN(c3ccccc3F)CC2)cc1. The molecule has 1 aliphatic heterocycles.